The summed E-state index contributed by atoms with van der Waals surface area (Å²) >= 11 is 6.26. The van der Waals surface area contributed by atoms with Crippen molar-refractivity contribution in [3.8, 4) is 0 Å². The third-order valence-corrected chi connectivity index (χ3v) is 3.80. The molecule has 0 amide bonds. The van der Waals surface area contributed by atoms with Gasteiger partial charge in [-0.15, -0.1) is 0 Å². The number of halogens is 1. The van der Waals surface area contributed by atoms with Gasteiger partial charge in [0.25, 0.3) is 0 Å². The summed E-state index contributed by atoms with van der Waals surface area (Å²) in [5, 5.41) is 4.39. The molecule has 0 aliphatic heterocycles. The van der Waals surface area contributed by atoms with Crippen LogP contribution in [0.25, 0.3) is 0 Å². The van der Waals surface area contributed by atoms with Crippen LogP contribution in [0.15, 0.2) is 18.2 Å². The van der Waals surface area contributed by atoms with Crippen LogP contribution < -0.4 is 10.2 Å². The zero-order valence-electron chi connectivity index (χ0n) is 10.8. The van der Waals surface area contributed by atoms with E-state index in [9.17, 15) is 0 Å². The third-order valence-electron chi connectivity index (χ3n) is 3.50. The lowest BCUT2D eigenvalue weighted by Crippen LogP contribution is -2.15. The van der Waals surface area contributed by atoms with Crippen molar-refractivity contribution in [2.45, 2.75) is 32.2 Å². The molecular weight excluding hydrogens is 232 g/mol. The van der Waals surface area contributed by atoms with Crippen molar-refractivity contribution in [1.29, 1.82) is 0 Å². The Bertz CT molecular complexity index is 390. The lowest BCUT2D eigenvalue weighted by Gasteiger charge is -2.18. The summed E-state index contributed by atoms with van der Waals surface area (Å²) in [5.41, 5.74) is 2.21. The molecule has 17 heavy (non-hydrogen) atoms. The Hall–Kier alpha value is -0.890. The Morgan fingerprint density at radius 3 is 2.59 bits per heavy atom. The minimum absolute atomic E-state index is 0.617. The minimum Gasteiger partial charge on any atom is -0.382 e. The first-order valence-electron chi connectivity index (χ1n) is 6.29. The zero-order valence-corrected chi connectivity index (χ0v) is 11.6. The van der Waals surface area contributed by atoms with Crippen molar-refractivity contribution in [3.63, 3.8) is 0 Å². The topological polar surface area (TPSA) is 15.3 Å². The van der Waals surface area contributed by atoms with Gasteiger partial charge in [-0.2, -0.15) is 0 Å². The Morgan fingerprint density at radius 2 is 2.06 bits per heavy atom. The molecule has 1 aromatic carbocycles. The van der Waals surface area contributed by atoms with Crippen LogP contribution >= 0.6 is 11.6 Å². The normalized spacial score (nSPS) is 23.8. The maximum absolute atomic E-state index is 6.26. The molecule has 1 aliphatic carbocycles. The SMILES string of the molecule is CC1CCC(Nc2ccc(N(C)C)c(Cl)c2)C1. The number of rotatable bonds is 3. The van der Waals surface area contributed by atoms with Crippen molar-refractivity contribution in [2.24, 2.45) is 5.92 Å². The molecule has 0 spiro atoms. The van der Waals surface area contributed by atoms with E-state index in [-0.39, 0.29) is 0 Å². The summed E-state index contributed by atoms with van der Waals surface area (Å²) in [5.74, 6) is 0.851. The highest BCUT2D eigenvalue weighted by atomic mass is 35.5. The summed E-state index contributed by atoms with van der Waals surface area (Å²) < 4.78 is 0. The van der Waals surface area contributed by atoms with Crippen LogP contribution in [0.4, 0.5) is 11.4 Å². The fourth-order valence-electron chi connectivity index (χ4n) is 2.53. The lowest BCUT2D eigenvalue weighted by molar-refractivity contribution is 0.602. The summed E-state index contributed by atoms with van der Waals surface area (Å²) in [6.07, 6.45) is 3.88. The average molecular weight is 253 g/mol. The number of benzene rings is 1. The number of hydrogen-bond acceptors (Lipinski definition) is 2. The largest absolute Gasteiger partial charge is 0.382 e. The van der Waals surface area contributed by atoms with Crippen LogP contribution in [0.2, 0.25) is 5.02 Å². The summed E-state index contributed by atoms with van der Waals surface area (Å²) in [6, 6.07) is 6.83. The van der Waals surface area contributed by atoms with E-state index >= 15 is 0 Å². The van der Waals surface area contributed by atoms with E-state index in [0.29, 0.717) is 6.04 Å². The molecule has 2 rings (SSSR count). The molecule has 2 nitrogen and oxygen atoms in total. The predicted molar refractivity (Wildman–Crippen MR) is 76.2 cm³/mol. The fourth-order valence-corrected chi connectivity index (χ4v) is 2.88. The highest BCUT2D eigenvalue weighted by molar-refractivity contribution is 6.33. The Balaban J connectivity index is 2.05. The number of nitrogens with zero attached hydrogens (tertiary/aromatic N) is 1. The third kappa shape index (κ3) is 3.06. The van der Waals surface area contributed by atoms with Gasteiger partial charge >= 0.3 is 0 Å². The minimum atomic E-state index is 0.617. The first-order valence-corrected chi connectivity index (χ1v) is 6.67. The van der Waals surface area contributed by atoms with Crippen molar-refractivity contribution in [1.82, 2.24) is 0 Å². The second kappa shape index (κ2) is 5.18. The fraction of sp³-hybridized carbons (Fsp3) is 0.571. The Labute approximate surface area is 109 Å². The molecule has 0 heterocycles. The van der Waals surface area contributed by atoms with E-state index in [1.54, 1.807) is 0 Å². The van der Waals surface area contributed by atoms with Gasteiger partial charge in [0.05, 0.1) is 10.7 Å². The summed E-state index contributed by atoms with van der Waals surface area (Å²) in [4.78, 5) is 2.03. The van der Waals surface area contributed by atoms with Gasteiger partial charge in [-0.25, -0.2) is 0 Å². The average Bonchev–Trinajstić information content (AvgIpc) is 2.63. The number of hydrogen-bond donors (Lipinski definition) is 1. The monoisotopic (exact) mass is 252 g/mol. The van der Waals surface area contributed by atoms with E-state index in [0.717, 1.165) is 22.3 Å². The summed E-state index contributed by atoms with van der Waals surface area (Å²) in [6.45, 7) is 2.32. The predicted octanol–water partition coefficient (Wildman–Crippen LogP) is 4.01. The molecular formula is C14H21ClN2. The molecule has 0 saturated heterocycles. The van der Waals surface area contributed by atoms with E-state index in [4.69, 9.17) is 11.6 Å². The van der Waals surface area contributed by atoms with Gasteiger partial charge in [0.15, 0.2) is 0 Å². The molecule has 1 aliphatic rings. The molecule has 3 heteroatoms. The van der Waals surface area contributed by atoms with Crippen molar-refractivity contribution < 1.29 is 0 Å². The van der Waals surface area contributed by atoms with Gasteiger partial charge in [0.2, 0.25) is 0 Å². The van der Waals surface area contributed by atoms with Crippen LogP contribution in [-0.4, -0.2) is 20.1 Å². The van der Waals surface area contributed by atoms with E-state index < -0.39 is 0 Å². The van der Waals surface area contributed by atoms with E-state index in [1.165, 1.54) is 19.3 Å². The van der Waals surface area contributed by atoms with E-state index in [1.807, 2.05) is 25.1 Å². The first-order chi connectivity index (χ1) is 8.06. The van der Waals surface area contributed by atoms with Crippen LogP contribution in [0.3, 0.4) is 0 Å². The molecule has 1 N–H and O–H groups in total. The zero-order chi connectivity index (χ0) is 12.4. The molecule has 0 radical (unpaired) electrons. The Kier molecular flexibility index (Phi) is 3.82. The smallest absolute Gasteiger partial charge is 0.0659 e. The lowest BCUT2D eigenvalue weighted by atomic mass is 10.1. The first kappa shape index (κ1) is 12.6. The molecule has 1 fully saturated rings. The van der Waals surface area contributed by atoms with Crippen LogP contribution in [0.1, 0.15) is 26.2 Å². The van der Waals surface area contributed by atoms with Gasteiger partial charge < -0.3 is 10.2 Å². The quantitative estimate of drug-likeness (QED) is 0.875. The number of anilines is 2. The van der Waals surface area contributed by atoms with Gasteiger partial charge in [-0.05, 0) is 43.4 Å². The standard InChI is InChI=1S/C14H21ClN2/c1-10-4-5-11(8-10)16-12-6-7-14(17(2)3)13(15)9-12/h6-7,9-11,16H,4-5,8H2,1-3H3. The van der Waals surface area contributed by atoms with Gasteiger partial charge in [-0.3, -0.25) is 0 Å². The molecule has 2 unspecified atom stereocenters. The second-order valence-corrected chi connectivity index (χ2v) is 5.73. The highest BCUT2D eigenvalue weighted by Gasteiger charge is 2.21. The van der Waals surface area contributed by atoms with Crippen LogP contribution in [0, 0.1) is 5.92 Å². The molecule has 0 aromatic heterocycles. The van der Waals surface area contributed by atoms with Gasteiger partial charge in [-0.1, -0.05) is 18.5 Å². The highest BCUT2D eigenvalue weighted by Crippen LogP contribution is 2.31. The maximum atomic E-state index is 6.26. The van der Waals surface area contributed by atoms with Crippen LogP contribution in [0.5, 0.6) is 0 Å². The molecule has 94 valence electrons. The molecule has 2 atom stereocenters. The summed E-state index contributed by atoms with van der Waals surface area (Å²) in [7, 11) is 4.01. The Morgan fingerprint density at radius 1 is 1.29 bits per heavy atom. The van der Waals surface area contributed by atoms with Crippen LogP contribution in [-0.2, 0) is 0 Å². The maximum Gasteiger partial charge on any atom is 0.0659 e. The van der Waals surface area contributed by atoms with Gasteiger partial charge in [0.1, 0.15) is 0 Å². The molecule has 0 bridgehead atoms. The van der Waals surface area contributed by atoms with Gasteiger partial charge in [0, 0.05) is 25.8 Å². The number of nitrogens with one attached hydrogen (secondary N) is 1. The van der Waals surface area contributed by atoms with Crippen molar-refractivity contribution in [3.05, 3.63) is 23.2 Å². The van der Waals surface area contributed by atoms with E-state index in [2.05, 4.69) is 24.4 Å². The molecule has 1 aromatic rings. The van der Waals surface area contributed by atoms with Crippen molar-refractivity contribution in [2.75, 3.05) is 24.3 Å². The second-order valence-electron chi connectivity index (χ2n) is 5.32. The van der Waals surface area contributed by atoms with Crippen molar-refractivity contribution >= 4 is 23.0 Å². The molecule has 1 saturated carbocycles.